The van der Waals surface area contributed by atoms with Crippen LogP contribution in [0.4, 0.5) is 20.6 Å². The van der Waals surface area contributed by atoms with Crippen molar-refractivity contribution in [2.75, 3.05) is 89.6 Å². The third-order valence-corrected chi connectivity index (χ3v) is 29.7. The molecular weight excluding hydrogens is 1840 g/mol. The Kier molecular flexibility index (Phi) is 47.4. The number of amides is 2. The highest BCUT2D eigenvalue weighted by Crippen LogP contribution is 2.46. The SMILES string of the molecule is CC[C@H]1OC(=O)[C@H](C)[C@@H](OC2CC(C)(OC)C(O)C(C)O2)[C@H](C)[C@@H](OC2OC(C)CC(C)C2O)[C@](C)(O)C[C@@H](C)[C@H](NCCN)[C@H](C)[C@@H](O)[C@]1(C)O.CC[C@H]1OC(=O)[C@H](C)[C@@H](OC2CC(C)(OC)C(O)C(C)O2)[C@H](C)[C@@H](OC2OC(C)CC(C)C2O)[C@](C)(O)C[C@@H](C)[C@H](NCCNC(=O)CCC(=O)O)[C@H](C)[C@@H](O)[C@]1(C)O.NC[C@H]1CN(c2ccc(N3CCOCC3)c(F)c2)C(=O)O1.O=C(O)CCC(=O)O. The zero-order valence-corrected chi connectivity index (χ0v) is 86.7. The Bertz CT molecular complexity index is 4000. The molecule has 0 saturated carbocycles. The Balaban J connectivity index is 0.000000334. The molecule has 8 aliphatic rings. The van der Waals surface area contributed by atoms with Gasteiger partial charge in [0.25, 0.3) is 0 Å². The summed E-state index contributed by atoms with van der Waals surface area (Å²) in [4.78, 5) is 86.1. The predicted octanol–water partition coefficient (Wildman–Crippen LogP) is 4.58. The van der Waals surface area contributed by atoms with Crippen LogP contribution < -0.4 is 37.2 Å². The van der Waals surface area contributed by atoms with Crippen molar-refractivity contribution in [3.8, 4) is 0 Å². The van der Waals surface area contributed by atoms with E-state index >= 15 is 0 Å². The van der Waals surface area contributed by atoms with Crippen LogP contribution in [0.3, 0.4) is 0 Å². The molecule has 20 N–H and O–H groups in total. The topological polar surface area (TPSA) is 606 Å². The molecule has 9 rings (SSSR count). The fourth-order valence-corrected chi connectivity index (χ4v) is 21.3. The predicted molar refractivity (Wildman–Crippen MR) is 509 cm³/mol. The smallest absolute Gasteiger partial charge is 0.414 e. The number of hydrogen-bond donors (Lipinski definition) is 18. The highest BCUT2D eigenvalue weighted by molar-refractivity contribution is 5.90. The fourth-order valence-electron chi connectivity index (χ4n) is 21.3. The summed E-state index contributed by atoms with van der Waals surface area (Å²) < 4.78 is 99.5. The summed E-state index contributed by atoms with van der Waals surface area (Å²) >= 11 is 0. The maximum atomic E-state index is 14.3. The zero-order valence-electron chi connectivity index (χ0n) is 86.7. The van der Waals surface area contributed by atoms with Gasteiger partial charge in [-0.1, -0.05) is 69.2 Å². The maximum Gasteiger partial charge on any atom is 0.414 e. The molecule has 8 aliphatic heterocycles. The molecule has 39 atom stereocenters. The van der Waals surface area contributed by atoms with Crippen LogP contribution in [0.2, 0.25) is 0 Å². The number of benzene rings is 1. The standard InChI is InChI=1S/C42H76N2O15.C38H72N2O12.C14H18FN3O3.C4H6O4/c1-13-28-42(11,53)35(49)24(5)32(44-17-16-43-29(45)14-15-30(46)47)22(3)19-40(9,52)37(59-39-33(48)21(2)18-23(4)55-39)25(6)34(26(7)38(51)57-28)58-31-20-41(10,54-12)36(50)27(8)56-31;1-13-26-38(11,46)31(42)22(5)28(40-15-14-39)20(3)17-36(9,45)33(52-35-29(41)19(2)16-21(4)48-35)23(6)30(24(7)34(44)50-26)51-27-18-37(10,47-12)32(43)25(8)49-27;15-12-7-10(18-9-11(8-16)21-14(18)19)1-2-13(12)17-3-5-20-6-4-17;5-3(6)1-2-4(7)8/h21-28,31-37,39,44,48-50,52-53H,13-20H2,1-12H3,(H,43,45)(H,46,47);19-33,35,40-43,45-46H,13-18,39H2,1-12H3;1-2,7,11H,3-6,8-9,16H2;1-2H2,(H,5,6)(H,7,8)/t21?,22-,23?,24+,25+,26-,27?,28-,31?,32+,33?,34+,35-,36?,37-,39?,40-,41?,42-;19?,20-,21?,22+,23+,24-,25?,26-,27?,28+,29?,30+,31-,32?,33-,35?,36-,37?,38-;11-;/m110./s1. The number of aliphatic hydroxyl groups excluding tert-OH is 6. The second-order valence-corrected chi connectivity index (χ2v) is 41.7. The van der Waals surface area contributed by atoms with Gasteiger partial charge in [0.2, 0.25) is 5.91 Å². The molecule has 42 heteroatoms. The third kappa shape index (κ3) is 32.5. The Morgan fingerprint density at radius 3 is 1.28 bits per heavy atom. The monoisotopic (exact) mass is 2010 g/mol. The van der Waals surface area contributed by atoms with Gasteiger partial charge in [-0.3, -0.25) is 33.7 Å². The van der Waals surface area contributed by atoms with Gasteiger partial charge in [0, 0.05) is 115 Å². The van der Waals surface area contributed by atoms with Crippen LogP contribution in [0.5, 0.6) is 0 Å². The number of nitrogens with one attached hydrogen (secondary N) is 3. The molecule has 810 valence electrons. The number of esters is 2. The molecule has 8 heterocycles. The van der Waals surface area contributed by atoms with Gasteiger partial charge in [-0.15, -0.1) is 0 Å². The number of nitrogens with two attached hydrogens (primary N) is 2. The van der Waals surface area contributed by atoms with Gasteiger partial charge in [0.1, 0.15) is 59.7 Å². The van der Waals surface area contributed by atoms with E-state index in [4.69, 9.17) is 93.1 Å². The number of carboxylic acids is 3. The highest BCUT2D eigenvalue weighted by Gasteiger charge is 2.58. The third-order valence-electron chi connectivity index (χ3n) is 29.7. The number of carbonyl (C=O) groups is 7. The van der Waals surface area contributed by atoms with E-state index in [2.05, 4.69) is 16.0 Å². The van der Waals surface area contributed by atoms with Crippen molar-refractivity contribution in [1.82, 2.24) is 16.0 Å². The molecule has 41 nitrogen and oxygen atoms in total. The first-order valence-electron chi connectivity index (χ1n) is 49.8. The van der Waals surface area contributed by atoms with Crippen LogP contribution in [0, 0.1) is 65.0 Å². The number of carboxylic acid groups (broad SMARTS) is 3. The van der Waals surface area contributed by atoms with Crippen molar-refractivity contribution in [1.29, 1.82) is 0 Å². The molecular formula is C98H172FN7O34. The summed E-state index contributed by atoms with van der Waals surface area (Å²) in [7, 11) is 2.98. The Labute approximate surface area is 824 Å². The molecule has 8 fully saturated rings. The van der Waals surface area contributed by atoms with Gasteiger partial charge in [-0.05, 0) is 163 Å². The second-order valence-electron chi connectivity index (χ2n) is 41.7. The van der Waals surface area contributed by atoms with Crippen LogP contribution in [0.1, 0.15) is 229 Å². The number of ether oxygens (including phenoxy) is 14. The maximum absolute atomic E-state index is 14.3. The van der Waals surface area contributed by atoms with Crippen LogP contribution >= 0.6 is 0 Å². The van der Waals surface area contributed by atoms with Gasteiger partial charge in [-0.2, -0.15) is 0 Å². The molecule has 16 unspecified atom stereocenters. The molecule has 2 amide bonds. The van der Waals surface area contributed by atoms with Crippen LogP contribution in [-0.4, -0.2) is 363 Å². The number of hydrogen-bond acceptors (Lipinski definition) is 36. The lowest BCUT2D eigenvalue weighted by molar-refractivity contribution is -0.318. The van der Waals surface area contributed by atoms with E-state index in [1.54, 1.807) is 95.2 Å². The van der Waals surface area contributed by atoms with Gasteiger partial charge in [-0.25, -0.2) is 9.18 Å². The number of cyclic esters (lactones) is 3. The first-order chi connectivity index (χ1) is 65.2. The van der Waals surface area contributed by atoms with Gasteiger partial charge < -0.3 is 165 Å². The van der Waals surface area contributed by atoms with Gasteiger partial charge in [0.15, 0.2) is 25.2 Å². The van der Waals surface area contributed by atoms with Crippen molar-refractivity contribution in [2.24, 2.45) is 70.6 Å². The highest BCUT2D eigenvalue weighted by atomic mass is 19.1. The summed E-state index contributed by atoms with van der Waals surface area (Å²) in [6.45, 7) is 42.5. The van der Waals surface area contributed by atoms with Crippen LogP contribution in [-0.2, 0) is 95.1 Å². The Hall–Kier alpha value is -5.96. The summed E-state index contributed by atoms with van der Waals surface area (Å²) in [6, 6.07) is 3.73. The lowest BCUT2D eigenvalue weighted by Gasteiger charge is -2.49. The van der Waals surface area contributed by atoms with Crippen molar-refractivity contribution in [3.05, 3.63) is 24.0 Å². The molecule has 0 aliphatic carbocycles. The first-order valence-corrected chi connectivity index (χ1v) is 49.8. The summed E-state index contributed by atoms with van der Waals surface area (Å²) in [6.07, 6.45) is -19.4. The van der Waals surface area contributed by atoms with E-state index in [-0.39, 0.29) is 126 Å². The lowest BCUT2D eigenvalue weighted by atomic mass is 9.72. The summed E-state index contributed by atoms with van der Waals surface area (Å²) in [5, 5.41) is 152. The van der Waals surface area contributed by atoms with E-state index in [1.165, 1.54) is 39.0 Å². The normalized spacial score (nSPS) is 41.8. The average Bonchev–Trinajstić information content (AvgIpc) is 1.21. The van der Waals surface area contributed by atoms with E-state index in [0.717, 1.165) is 0 Å². The van der Waals surface area contributed by atoms with Crippen molar-refractivity contribution < 1.29 is 171 Å². The molecule has 0 aromatic heterocycles. The fraction of sp³-hybridized carbons (Fsp3) is 0.867. The lowest BCUT2D eigenvalue weighted by Crippen LogP contribution is -2.61. The van der Waals surface area contributed by atoms with E-state index in [1.807, 2.05) is 60.3 Å². The van der Waals surface area contributed by atoms with Crippen molar-refractivity contribution in [3.63, 3.8) is 0 Å². The zero-order chi connectivity index (χ0) is 106. The van der Waals surface area contributed by atoms with Crippen molar-refractivity contribution in [2.45, 2.75) is 404 Å². The number of anilines is 2. The van der Waals surface area contributed by atoms with Gasteiger partial charge in [0.05, 0.1) is 146 Å². The molecule has 0 bridgehead atoms. The largest absolute Gasteiger partial charge is 0.481 e. The number of carbonyl (C=O) groups excluding carboxylic acids is 4. The molecule has 1 aromatic rings. The Morgan fingerprint density at radius 1 is 0.514 bits per heavy atom. The van der Waals surface area contributed by atoms with Crippen molar-refractivity contribution >= 4 is 53.2 Å². The molecule has 8 saturated heterocycles. The minimum Gasteiger partial charge on any atom is -0.481 e. The minimum atomic E-state index is -1.95. The van der Waals surface area contributed by atoms with E-state index < -0.39 is 240 Å². The number of halogens is 1. The number of aliphatic carboxylic acids is 3. The van der Waals surface area contributed by atoms with E-state index in [0.29, 0.717) is 70.2 Å². The van der Waals surface area contributed by atoms with E-state index in [9.17, 15) is 89.0 Å². The van der Waals surface area contributed by atoms with Crippen LogP contribution in [0.15, 0.2) is 18.2 Å². The number of morpholine rings is 1. The quantitative estimate of drug-likeness (QED) is 0.0310. The average molecular weight is 2010 g/mol. The van der Waals surface area contributed by atoms with Crippen LogP contribution in [0.25, 0.3) is 0 Å². The second kappa shape index (κ2) is 54.1. The first kappa shape index (κ1) is 123. The summed E-state index contributed by atoms with van der Waals surface area (Å²) in [5.74, 6) is -11.6. The number of aliphatic hydroxyl groups is 10. The number of nitrogens with zero attached hydrogens (tertiary/aromatic N) is 2. The number of rotatable bonds is 28. The molecule has 1 aromatic carbocycles. The van der Waals surface area contributed by atoms with Gasteiger partial charge >= 0.3 is 35.9 Å². The Morgan fingerprint density at radius 2 is 0.914 bits per heavy atom. The molecule has 0 radical (unpaired) electrons. The molecule has 140 heavy (non-hydrogen) atoms. The number of methoxy groups -OCH3 is 2. The minimum absolute atomic E-state index is 0.0332. The molecule has 0 spiro atoms. The summed E-state index contributed by atoms with van der Waals surface area (Å²) in [5.41, 5.74) is 3.16.